The van der Waals surface area contributed by atoms with Gasteiger partial charge in [-0.1, -0.05) is 0 Å². The molecule has 0 spiro atoms. The molecule has 6 heteroatoms. The van der Waals surface area contributed by atoms with Gasteiger partial charge in [0, 0.05) is 6.04 Å². The molecule has 2 rings (SSSR count). The average Bonchev–Trinajstić information content (AvgIpc) is 3.04. The number of hydrogen-bond acceptors (Lipinski definition) is 4. The van der Waals surface area contributed by atoms with Gasteiger partial charge in [0.15, 0.2) is 0 Å². The maximum absolute atomic E-state index is 11.7. The molecule has 1 aromatic rings. The van der Waals surface area contributed by atoms with Crippen LogP contribution in [0.2, 0.25) is 0 Å². The van der Waals surface area contributed by atoms with Crippen LogP contribution in [-0.4, -0.2) is 26.8 Å². The second kappa shape index (κ2) is 5.86. The maximum atomic E-state index is 11.7. The fourth-order valence-electron chi connectivity index (χ4n) is 1.69. The zero-order valence-corrected chi connectivity index (χ0v) is 11.4. The van der Waals surface area contributed by atoms with Crippen LogP contribution in [0.1, 0.15) is 30.8 Å². The number of hydrogen-bond donors (Lipinski definition) is 2. The lowest BCUT2D eigenvalue weighted by Crippen LogP contribution is -2.28. The van der Waals surface area contributed by atoms with Crippen molar-refractivity contribution in [3.63, 3.8) is 0 Å². The van der Waals surface area contributed by atoms with E-state index >= 15 is 0 Å². The van der Waals surface area contributed by atoms with Crippen molar-refractivity contribution in [2.45, 2.75) is 38.8 Å². The third-order valence-corrected chi connectivity index (χ3v) is 4.27. The van der Waals surface area contributed by atoms with Crippen molar-refractivity contribution in [1.82, 2.24) is 10.0 Å². The third kappa shape index (κ3) is 4.80. The first-order valence-electron chi connectivity index (χ1n) is 6.31. The van der Waals surface area contributed by atoms with Crippen LogP contribution >= 0.6 is 0 Å². The quantitative estimate of drug-likeness (QED) is 0.696. The van der Waals surface area contributed by atoms with E-state index in [4.69, 9.17) is 4.42 Å². The molecule has 1 heterocycles. The lowest BCUT2D eigenvalue weighted by Gasteiger charge is -2.06. The van der Waals surface area contributed by atoms with Crippen molar-refractivity contribution < 1.29 is 12.8 Å². The lowest BCUT2D eigenvalue weighted by atomic mass is 10.4. The van der Waals surface area contributed by atoms with Gasteiger partial charge in [-0.3, -0.25) is 0 Å². The summed E-state index contributed by atoms with van der Waals surface area (Å²) in [6, 6.07) is 4.24. The minimum atomic E-state index is -3.20. The Bertz CT molecular complexity index is 477. The molecule has 0 radical (unpaired) electrons. The van der Waals surface area contributed by atoms with Gasteiger partial charge in [-0.25, -0.2) is 13.1 Å². The fourth-order valence-corrected chi connectivity index (χ4v) is 2.72. The van der Waals surface area contributed by atoms with E-state index in [9.17, 15) is 8.42 Å². The molecule has 1 saturated carbocycles. The zero-order chi connectivity index (χ0) is 13.0. The van der Waals surface area contributed by atoms with Gasteiger partial charge in [0.1, 0.15) is 11.5 Å². The zero-order valence-electron chi connectivity index (χ0n) is 10.6. The van der Waals surface area contributed by atoms with Crippen molar-refractivity contribution in [1.29, 1.82) is 0 Å². The molecule has 1 fully saturated rings. The Morgan fingerprint density at radius 2 is 2.17 bits per heavy atom. The maximum Gasteiger partial charge on any atom is 0.212 e. The normalized spacial score (nSPS) is 16.1. The van der Waals surface area contributed by atoms with Crippen LogP contribution < -0.4 is 10.0 Å². The molecule has 0 saturated heterocycles. The first-order valence-corrected chi connectivity index (χ1v) is 7.96. The molecule has 1 aliphatic carbocycles. The van der Waals surface area contributed by atoms with Crippen LogP contribution in [0.15, 0.2) is 16.5 Å². The van der Waals surface area contributed by atoms with Crippen molar-refractivity contribution in [2.24, 2.45) is 0 Å². The number of aryl methyl sites for hydroxylation is 1. The van der Waals surface area contributed by atoms with Gasteiger partial charge in [0.2, 0.25) is 10.0 Å². The molecule has 0 bridgehead atoms. The average molecular weight is 272 g/mol. The van der Waals surface area contributed by atoms with Crippen molar-refractivity contribution in [3.8, 4) is 0 Å². The molecular weight excluding hydrogens is 252 g/mol. The van der Waals surface area contributed by atoms with Gasteiger partial charge >= 0.3 is 0 Å². The Morgan fingerprint density at radius 3 is 2.78 bits per heavy atom. The van der Waals surface area contributed by atoms with Gasteiger partial charge in [0.05, 0.1) is 12.3 Å². The predicted octanol–water partition coefficient (Wildman–Crippen LogP) is 1.15. The molecule has 0 atom stereocenters. The smallest absolute Gasteiger partial charge is 0.212 e. The van der Waals surface area contributed by atoms with E-state index in [2.05, 4.69) is 10.0 Å². The van der Waals surface area contributed by atoms with Gasteiger partial charge in [-0.15, -0.1) is 0 Å². The van der Waals surface area contributed by atoms with E-state index in [1.54, 1.807) is 6.07 Å². The molecule has 5 nitrogen and oxygen atoms in total. The predicted molar refractivity (Wildman–Crippen MR) is 69.7 cm³/mol. The van der Waals surface area contributed by atoms with E-state index in [0.717, 1.165) is 12.3 Å². The highest BCUT2D eigenvalue weighted by atomic mass is 32.2. The summed E-state index contributed by atoms with van der Waals surface area (Å²) in [6.45, 7) is 2.83. The first-order chi connectivity index (χ1) is 8.55. The second-order valence-electron chi connectivity index (χ2n) is 4.73. The summed E-state index contributed by atoms with van der Waals surface area (Å²) in [4.78, 5) is 0. The molecule has 0 unspecified atom stereocenters. The molecule has 1 aliphatic rings. The molecule has 2 N–H and O–H groups in total. The third-order valence-electron chi connectivity index (χ3n) is 2.86. The topological polar surface area (TPSA) is 71.3 Å². The standard InChI is InChI=1S/C12H20N2O3S/c1-10-3-6-12(17-10)9-14-18(15,16)8-2-7-13-11-4-5-11/h3,6,11,13-14H,2,4-5,7-9H2,1H3. The Morgan fingerprint density at radius 1 is 1.39 bits per heavy atom. The molecule has 102 valence electrons. The van der Waals surface area contributed by atoms with Gasteiger partial charge < -0.3 is 9.73 Å². The lowest BCUT2D eigenvalue weighted by molar-refractivity contribution is 0.475. The molecule has 0 amide bonds. The van der Waals surface area contributed by atoms with Gasteiger partial charge in [-0.05, 0) is 44.9 Å². The van der Waals surface area contributed by atoms with Gasteiger partial charge in [0.25, 0.3) is 0 Å². The summed E-state index contributed by atoms with van der Waals surface area (Å²) in [6.07, 6.45) is 3.09. The second-order valence-corrected chi connectivity index (χ2v) is 6.66. The highest BCUT2D eigenvalue weighted by molar-refractivity contribution is 7.89. The van der Waals surface area contributed by atoms with Crippen molar-refractivity contribution >= 4 is 10.0 Å². The summed E-state index contributed by atoms with van der Waals surface area (Å²) < 4.78 is 31.2. The highest BCUT2D eigenvalue weighted by Gasteiger charge is 2.20. The first kappa shape index (κ1) is 13.6. The Balaban J connectivity index is 1.66. The van der Waals surface area contributed by atoms with E-state index in [1.807, 2.05) is 13.0 Å². The Hall–Kier alpha value is -0.850. The monoisotopic (exact) mass is 272 g/mol. The molecular formula is C12H20N2O3S. The molecule has 18 heavy (non-hydrogen) atoms. The van der Waals surface area contributed by atoms with E-state index in [1.165, 1.54) is 12.8 Å². The number of furan rings is 1. The fraction of sp³-hybridized carbons (Fsp3) is 0.667. The largest absolute Gasteiger partial charge is 0.465 e. The summed E-state index contributed by atoms with van der Waals surface area (Å²) in [5.74, 6) is 1.59. The van der Waals surface area contributed by atoms with E-state index in [0.29, 0.717) is 18.2 Å². The summed E-state index contributed by atoms with van der Waals surface area (Å²) >= 11 is 0. The van der Waals surface area contributed by atoms with Gasteiger partial charge in [-0.2, -0.15) is 0 Å². The molecule has 0 aliphatic heterocycles. The van der Waals surface area contributed by atoms with Crippen LogP contribution in [0, 0.1) is 6.92 Å². The van der Waals surface area contributed by atoms with E-state index in [-0.39, 0.29) is 12.3 Å². The Labute approximate surface area is 108 Å². The number of rotatable bonds is 8. The minimum absolute atomic E-state index is 0.159. The molecule has 0 aromatic carbocycles. The number of sulfonamides is 1. The van der Waals surface area contributed by atoms with E-state index < -0.39 is 10.0 Å². The summed E-state index contributed by atoms with van der Waals surface area (Å²) in [7, 11) is -3.20. The highest BCUT2D eigenvalue weighted by Crippen LogP contribution is 2.18. The Kier molecular flexibility index (Phi) is 4.42. The van der Waals surface area contributed by atoms with Crippen LogP contribution in [0.25, 0.3) is 0 Å². The van der Waals surface area contributed by atoms with Crippen LogP contribution in [0.5, 0.6) is 0 Å². The minimum Gasteiger partial charge on any atom is -0.465 e. The van der Waals surface area contributed by atoms with Crippen molar-refractivity contribution in [3.05, 3.63) is 23.7 Å². The summed E-state index contributed by atoms with van der Waals surface area (Å²) in [5.41, 5.74) is 0. The summed E-state index contributed by atoms with van der Waals surface area (Å²) in [5, 5.41) is 3.30. The SMILES string of the molecule is Cc1ccc(CNS(=O)(=O)CCCNC2CC2)o1. The van der Waals surface area contributed by atoms with Crippen molar-refractivity contribution in [2.75, 3.05) is 12.3 Å². The number of nitrogens with one attached hydrogen (secondary N) is 2. The molecule has 1 aromatic heterocycles. The van der Waals surface area contributed by atoms with Crippen LogP contribution in [0.3, 0.4) is 0 Å². The van der Waals surface area contributed by atoms with Crippen LogP contribution in [0.4, 0.5) is 0 Å². The van der Waals surface area contributed by atoms with Crippen LogP contribution in [-0.2, 0) is 16.6 Å².